The lowest BCUT2D eigenvalue weighted by molar-refractivity contribution is -0.162. The third kappa shape index (κ3) is 11.1. The number of carbonyl (C=O) groups excluding carboxylic acids is 2. The molecule has 1 heterocycles. The number of benzene rings is 1. The maximum absolute atomic E-state index is 14.1. The number of ether oxygens (including phenoxy) is 1. The summed E-state index contributed by atoms with van der Waals surface area (Å²) < 4.78 is 41.6. The van der Waals surface area contributed by atoms with Crippen LogP contribution in [0.4, 0.5) is 13.2 Å². The summed E-state index contributed by atoms with van der Waals surface area (Å²) in [6.45, 7) is 3.66. The van der Waals surface area contributed by atoms with E-state index in [2.05, 4.69) is 6.58 Å². The average molecular weight is 602 g/mol. The highest BCUT2D eigenvalue weighted by Crippen LogP contribution is 2.24. The molecule has 2 rings (SSSR count). The largest absolute Gasteiger partial charge is 0.481 e. The third-order valence-electron chi connectivity index (χ3n) is 4.94. The molecule has 1 aromatic heterocycles. The first kappa shape index (κ1) is 34.3. The summed E-state index contributed by atoms with van der Waals surface area (Å²) >= 11 is 1.01. The van der Waals surface area contributed by atoms with E-state index in [1.54, 1.807) is 6.07 Å². The number of nitrogen functional groups attached to an aromatic ring is 1. The van der Waals surface area contributed by atoms with Gasteiger partial charge in [0, 0.05) is 30.3 Å². The van der Waals surface area contributed by atoms with Gasteiger partial charge in [-0.2, -0.15) is 8.78 Å². The van der Waals surface area contributed by atoms with Gasteiger partial charge in [0.2, 0.25) is 5.91 Å². The topological polar surface area (TPSA) is 208 Å². The quantitative estimate of drug-likeness (QED) is 0.0745. The van der Waals surface area contributed by atoms with Crippen molar-refractivity contribution in [1.82, 2.24) is 4.90 Å². The summed E-state index contributed by atoms with van der Waals surface area (Å²) in [5.74, 6) is -11.4. The molecule has 1 atom stereocenters. The highest BCUT2D eigenvalue weighted by atomic mass is 32.1. The van der Waals surface area contributed by atoms with Crippen LogP contribution in [0.3, 0.4) is 0 Å². The SMILES string of the molecule is C=CCN(C(=O)CCc1ccc(C(=O)Oc2ccc(C(=N)N)cc2F)s1)C(CC(=O)O)C(=O)O.CC(F)(F)C(=O)O. The number of aryl methyl sites for hydroxylation is 1. The van der Waals surface area contributed by atoms with Crippen molar-refractivity contribution < 1.29 is 57.2 Å². The van der Waals surface area contributed by atoms with Crippen molar-refractivity contribution >= 4 is 47.0 Å². The zero-order valence-electron chi connectivity index (χ0n) is 21.4. The highest BCUT2D eigenvalue weighted by molar-refractivity contribution is 7.13. The number of alkyl halides is 2. The number of rotatable bonds is 13. The number of carbonyl (C=O) groups is 5. The Morgan fingerprint density at radius 2 is 1.78 bits per heavy atom. The number of carboxylic acids is 3. The van der Waals surface area contributed by atoms with E-state index in [1.807, 2.05) is 0 Å². The van der Waals surface area contributed by atoms with Gasteiger partial charge in [-0.1, -0.05) is 6.08 Å². The van der Waals surface area contributed by atoms with Gasteiger partial charge in [0.25, 0.3) is 0 Å². The second-order valence-corrected chi connectivity index (χ2v) is 9.36. The smallest absolute Gasteiger partial charge is 0.374 e. The second-order valence-electron chi connectivity index (χ2n) is 8.19. The molecule has 1 amide bonds. The van der Waals surface area contributed by atoms with Crippen LogP contribution in [0.1, 0.15) is 39.9 Å². The number of hydrogen-bond donors (Lipinski definition) is 5. The number of carboxylic acid groups (broad SMARTS) is 3. The van der Waals surface area contributed by atoms with Gasteiger partial charge in [0.15, 0.2) is 11.6 Å². The average Bonchev–Trinajstić information content (AvgIpc) is 3.34. The molecular formula is C25H26F3N3O9S. The number of amides is 1. The van der Waals surface area contributed by atoms with Crippen LogP contribution in [0.25, 0.3) is 0 Å². The Morgan fingerprint density at radius 1 is 1.17 bits per heavy atom. The first-order valence-electron chi connectivity index (χ1n) is 11.4. The number of nitrogens with two attached hydrogens (primary N) is 1. The zero-order valence-corrected chi connectivity index (χ0v) is 22.3. The molecule has 0 bridgehead atoms. The summed E-state index contributed by atoms with van der Waals surface area (Å²) in [7, 11) is 0. The number of esters is 1. The molecule has 16 heteroatoms. The normalized spacial score (nSPS) is 11.3. The Bertz CT molecular complexity index is 1320. The molecule has 222 valence electrons. The summed E-state index contributed by atoms with van der Waals surface area (Å²) in [5.41, 5.74) is 5.43. The lowest BCUT2D eigenvalue weighted by Gasteiger charge is -2.27. The molecule has 6 N–H and O–H groups in total. The lowest BCUT2D eigenvalue weighted by Crippen LogP contribution is -2.46. The first-order chi connectivity index (χ1) is 19.0. The Kier molecular flexibility index (Phi) is 12.7. The van der Waals surface area contributed by atoms with E-state index in [1.165, 1.54) is 24.3 Å². The lowest BCUT2D eigenvalue weighted by atomic mass is 10.1. The summed E-state index contributed by atoms with van der Waals surface area (Å²) in [6.07, 6.45) is 0.573. The number of nitrogens with one attached hydrogen (secondary N) is 1. The Morgan fingerprint density at radius 3 is 2.24 bits per heavy atom. The van der Waals surface area contributed by atoms with Gasteiger partial charge in [0.1, 0.15) is 16.8 Å². The Labute approximate surface area is 235 Å². The van der Waals surface area contributed by atoms with E-state index in [-0.39, 0.29) is 41.4 Å². The van der Waals surface area contributed by atoms with Gasteiger partial charge in [-0.3, -0.25) is 15.0 Å². The molecule has 12 nitrogen and oxygen atoms in total. The van der Waals surface area contributed by atoms with E-state index in [0.29, 0.717) is 11.8 Å². The van der Waals surface area contributed by atoms with Gasteiger partial charge in [0.05, 0.1) is 6.42 Å². The number of amidine groups is 1. The van der Waals surface area contributed by atoms with Crippen molar-refractivity contribution in [1.29, 1.82) is 5.41 Å². The molecule has 1 aromatic carbocycles. The molecule has 0 saturated heterocycles. The minimum absolute atomic E-state index is 0.132. The third-order valence-corrected chi connectivity index (χ3v) is 6.07. The van der Waals surface area contributed by atoms with E-state index >= 15 is 0 Å². The van der Waals surface area contributed by atoms with Crippen LogP contribution in [0.15, 0.2) is 43.0 Å². The van der Waals surface area contributed by atoms with Gasteiger partial charge < -0.3 is 30.7 Å². The van der Waals surface area contributed by atoms with Crippen molar-refractivity contribution in [2.45, 2.75) is 38.2 Å². The molecular weight excluding hydrogens is 575 g/mol. The van der Waals surface area contributed by atoms with E-state index in [4.69, 9.17) is 26.1 Å². The standard InChI is InChI=1S/C22H22FN3O7S.C3H4F2O2/c1-2-9-26(15(21(30)31)11-19(28)29)18(27)8-5-13-4-7-17(34-13)22(32)33-16-6-3-12(20(24)25)10-14(16)23;1-3(4,5)2(6)7/h2-4,6-7,10,15H,1,5,8-9,11H2,(H3,24,25)(H,28,29)(H,30,31);1H3,(H,6,7). The fourth-order valence-electron chi connectivity index (χ4n) is 2.94. The molecule has 0 aliphatic heterocycles. The number of aliphatic carboxylic acids is 3. The molecule has 0 aliphatic rings. The van der Waals surface area contributed by atoms with Crippen molar-refractivity contribution in [3.63, 3.8) is 0 Å². The summed E-state index contributed by atoms with van der Waals surface area (Å²) in [4.78, 5) is 58.3. The molecule has 2 aromatic rings. The van der Waals surface area contributed by atoms with Crippen molar-refractivity contribution in [3.8, 4) is 5.75 Å². The summed E-state index contributed by atoms with van der Waals surface area (Å²) in [6, 6.07) is 4.97. The fraction of sp³-hybridized carbons (Fsp3) is 0.280. The number of halogens is 3. The molecule has 41 heavy (non-hydrogen) atoms. The van der Waals surface area contributed by atoms with Crippen LogP contribution in [0.5, 0.6) is 5.75 Å². The summed E-state index contributed by atoms with van der Waals surface area (Å²) in [5, 5.41) is 33.1. The molecule has 0 saturated carbocycles. The first-order valence-corrected chi connectivity index (χ1v) is 12.2. The predicted octanol–water partition coefficient (Wildman–Crippen LogP) is 2.99. The van der Waals surface area contributed by atoms with Gasteiger partial charge >= 0.3 is 29.8 Å². The fourth-order valence-corrected chi connectivity index (χ4v) is 3.82. The number of thiophene rings is 1. The minimum atomic E-state index is -3.58. The van der Waals surface area contributed by atoms with Crippen LogP contribution in [0.2, 0.25) is 0 Å². The number of nitrogens with zero attached hydrogens (tertiary/aromatic N) is 1. The monoisotopic (exact) mass is 601 g/mol. The Hall–Kier alpha value is -4.73. The van der Waals surface area contributed by atoms with Crippen LogP contribution in [-0.4, -0.2) is 74.3 Å². The molecule has 0 aliphatic carbocycles. The van der Waals surface area contributed by atoms with Crippen molar-refractivity contribution in [2.24, 2.45) is 5.73 Å². The highest BCUT2D eigenvalue weighted by Gasteiger charge is 2.31. The predicted molar refractivity (Wildman–Crippen MR) is 139 cm³/mol. The second kappa shape index (κ2) is 15.2. The van der Waals surface area contributed by atoms with E-state index < -0.39 is 54.0 Å². The van der Waals surface area contributed by atoms with Crippen LogP contribution in [-0.2, 0) is 25.6 Å². The molecule has 0 spiro atoms. The molecule has 0 fully saturated rings. The maximum Gasteiger partial charge on any atom is 0.374 e. The maximum atomic E-state index is 14.1. The van der Waals surface area contributed by atoms with Crippen molar-refractivity contribution in [3.05, 3.63) is 64.1 Å². The van der Waals surface area contributed by atoms with Gasteiger partial charge in [-0.15, -0.1) is 17.9 Å². The van der Waals surface area contributed by atoms with Crippen molar-refractivity contribution in [2.75, 3.05) is 6.54 Å². The number of hydrogen-bond acceptors (Lipinski definition) is 8. The minimum Gasteiger partial charge on any atom is -0.481 e. The van der Waals surface area contributed by atoms with E-state index in [0.717, 1.165) is 22.3 Å². The molecule has 1 unspecified atom stereocenters. The van der Waals surface area contributed by atoms with Crippen LogP contribution in [0, 0.1) is 11.2 Å². The zero-order chi connectivity index (χ0) is 31.5. The van der Waals surface area contributed by atoms with E-state index in [9.17, 15) is 42.3 Å². The van der Waals surface area contributed by atoms with Gasteiger partial charge in [-0.25, -0.2) is 18.8 Å². The van der Waals surface area contributed by atoms with Gasteiger partial charge in [-0.05, 0) is 36.8 Å². The van der Waals surface area contributed by atoms with Crippen LogP contribution < -0.4 is 10.5 Å². The van der Waals surface area contributed by atoms with Crippen LogP contribution >= 0.6 is 11.3 Å². The molecule has 0 radical (unpaired) electrons. The Balaban J connectivity index is 0.00000106.